The number of aliphatic hydroxyl groups is 1. The fraction of sp³-hybridized carbons (Fsp3) is 0.235. The lowest BCUT2D eigenvalue weighted by molar-refractivity contribution is 0.174. The average molecular weight is 314 g/mol. The normalized spacial score (nSPS) is 13.0. The van der Waals surface area contributed by atoms with Gasteiger partial charge in [0.2, 0.25) is 6.79 Å². The number of aryl methyl sites for hydroxylation is 1. The third-order valence-corrected chi connectivity index (χ3v) is 3.88. The lowest BCUT2D eigenvalue weighted by atomic mass is 10.2. The van der Waals surface area contributed by atoms with E-state index in [1.807, 2.05) is 16.7 Å². The van der Waals surface area contributed by atoms with Gasteiger partial charge in [-0.15, -0.1) is 0 Å². The first-order valence-electron chi connectivity index (χ1n) is 7.43. The number of benzene rings is 2. The molecule has 118 valence electrons. The molecule has 0 atom stereocenters. The largest absolute Gasteiger partial charge is 0.454 e. The number of ether oxygens (including phenoxy) is 2. The second-order valence-corrected chi connectivity index (χ2v) is 5.37. The van der Waals surface area contributed by atoms with Crippen molar-refractivity contribution in [2.45, 2.75) is 13.0 Å². The molecule has 0 amide bonds. The molecule has 0 spiro atoms. The van der Waals surface area contributed by atoms with Gasteiger partial charge in [-0.05, 0) is 30.7 Å². The summed E-state index contributed by atoms with van der Waals surface area (Å²) in [5, 5.41) is 9.16. The maximum Gasteiger partial charge on any atom is 0.231 e. The third-order valence-electron chi connectivity index (χ3n) is 3.88. The van der Waals surface area contributed by atoms with E-state index in [0.29, 0.717) is 24.5 Å². The van der Waals surface area contributed by atoms with Crippen molar-refractivity contribution in [3.63, 3.8) is 0 Å². The van der Waals surface area contributed by atoms with E-state index in [2.05, 4.69) is 4.98 Å². The van der Waals surface area contributed by atoms with Gasteiger partial charge in [0.15, 0.2) is 11.5 Å². The molecule has 0 unspecified atom stereocenters. The topological polar surface area (TPSA) is 56.5 Å². The molecule has 6 heteroatoms. The van der Waals surface area contributed by atoms with Crippen molar-refractivity contribution in [1.29, 1.82) is 0 Å². The van der Waals surface area contributed by atoms with Crippen LogP contribution in [0.25, 0.3) is 22.4 Å². The minimum atomic E-state index is -0.285. The van der Waals surface area contributed by atoms with Gasteiger partial charge in [0.1, 0.15) is 11.6 Å². The van der Waals surface area contributed by atoms with E-state index in [-0.39, 0.29) is 19.2 Å². The molecule has 0 bridgehead atoms. The second kappa shape index (κ2) is 5.55. The number of hydrogen-bond donors (Lipinski definition) is 1. The molecule has 0 aliphatic carbocycles. The summed E-state index contributed by atoms with van der Waals surface area (Å²) in [6.07, 6.45) is 0.605. The Labute approximate surface area is 131 Å². The monoisotopic (exact) mass is 314 g/mol. The summed E-state index contributed by atoms with van der Waals surface area (Å²) >= 11 is 0. The number of rotatable bonds is 4. The van der Waals surface area contributed by atoms with E-state index in [1.54, 1.807) is 12.1 Å². The lowest BCUT2D eigenvalue weighted by Crippen LogP contribution is -2.02. The Bertz CT molecular complexity index is 858. The predicted octanol–water partition coefficient (Wildman–Crippen LogP) is 2.95. The van der Waals surface area contributed by atoms with Gasteiger partial charge in [-0.3, -0.25) is 0 Å². The Morgan fingerprint density at radius 3 is 2.61 bits per heavy atom. The molecular weight excluding hydrogens is 299 g/mol. The predicted molar refractivity (Wildman–Crippen MR) is 83.0 cm³/mol. The highest BCUT2D eigenvalue weighted by Crippen LogP contribution is 2.37. The standard InChI is InChI=1S/C17H15FN2O3/c18-12-4-2-11(3-5-12)17-19-13-8-15-16(23-10-22-15)9-14(13)20(17)6-1-7-21/h2-5,8-9,21H,1,6-7,10H2. The summed E-state index contributed by atoms with van der Waals surface area (Å²) in [5.41, 5.74) is 2.51. The molecule has 0 saturated carbocycles. The molecule has 2 heterocycles. The number of nitrogens with zero attached hydrogens (tertiary/aromatic N) is 2. The first-order valence-corrected chi connectivity index (χ1v) is 7.43. The molecular formula is C17H15FN2O3. The summed E-state index contributed by atoms with van der Waals surface area (Å²) < 4.78 is 26.0. The van der Waals surface area contributed by atoms with Crippen LogP contribution in [-0.4, -0.2) is 28.1 Å². The molecule has 1 aliphatic rings. The molecule has 23 heavy (non-hydrogen) atoms. The van der Waals surface area contributed by atoms with Crippen LogP contribution in [0.3, 0.4) is 0 Å². The maximum atomic E-state index is 13.2. The summed E-state index contributed by atoms with van der Waals surface area (Å²) in [6, 6.07) is 9.98. The summed E-state index contributed by atoms with van der Waals surface area (Å²) in [6.45, 7) is 0.913. The number of aromatic nitrogens is 2. The average Bonchev–Trinajstić information content (AvgIpc) is 3.15. The number of hydrogen-bond acceptors (Lipinski definition) is 4. The van der Waals surface area contributed by atoms with Crippen LogP contribution in [0.15, 0.2) is 36.4 Å². The zero-order valence-corrected chi connectivity index (χ0v) is 12.3. The molecule has 0 fully saturated rings. The quantitative estimate of drug-likeness (QED) is 0.804. The van der Waals surface area contributed by atoms with Crippen LogP contribution in [0.2, 0.25) is 0 Å². The summed E-state index contributed by atoms with van der Waals surface area (Å²) in [7, 11) is 0. The third kappa shape index (κ3) is 2.41. The highest BCUT2D eigenvalue weighted by Gasteiger charge is 2.19. The second-order valence-electron chi connectivity index (χ2n) is 5.37. The van der Waals surface area contributed by atoms with Crippen molar-refractivity contribution in [1.82, 2.24) is 9.55 Å². The molecule has 2 aromatic carbocycles. The van der Waals surface area contributed by atoms with Crippen molar-refractivity contribution >= 4 is 11.0 Å². The van der Waals surface area contributed by atoms with E-state index in [4.69, 9.17) is 14.6 Å². The Morgan fingerprint density at radius 2 is 1.87 bits per heavy atom. The Hall–Kier alpha value is -2.60. The van der Waals surface area contributed by atoms with Gasteiger partial charge >= 0.3 is 0 Å². The maximum absolute atomic E-state index is 13.2. The van der Waals surface area contributed by atoms with Crippen LogP contribution in [0, 0.1) is 5.82 Å². The van der Waals surface area contributed by atoms with E-state index in [1.165, 1.54) is 12.1 Å². The lowest BCUT2D eigenvalue weighted by Gasteiger charge is -2.08. The van der Waals surface area contributed by atoms with Crippen LogP contribution in [0.5, 0.6) is 11.5 Å². The summed E-state index contributed by atoms with van der Waals surface area (Å²) in [5.74, 6) is 1.81. The van der Waals surface area contributed by atoms with Crippen molar-refractivity contribution < 1.29 is 19.0 Å². The van der Waals surface area contributed by atoms with Crippen molar-refractivity contribution in [2.75, 3.05) is 13.4 Å². The fourth-order valence-electron chi connectivity index (χ4n) is 2.79. The number of fused-ring (bicyclic) bond motifs is 2. The molecule has 0 saturated heterocycles. The first-order chi connectivity index (χ1) is 11.3. The van der Waals surface area contributed by atoms with Crippen molar-refractivity contribution in [3.8, 4) is 22.9 Å². The molecule has 1 aromatic heterocycles. The van der Waals surface area contributed by atoms with Gasteiger partial charge in [-0.1, -0.05) is 0 Å². The molecule has 4 rings (SSSR count). The van der Waals surface area contributed by atoms with Crippen molar-refractivity contribution in [2.24, 2.45) is 0 Å². The van der Waals surface area contributed by atoms with Crippen LogP contribution in [0.1, 0.15) is 6.42 Å². The van der Waals surface area contributed by atoms with Gasteiger partial charge in [-0.2, -0.15) is 0 Å². The first kappa shape index (κ1) is 14.0. The highest BCUT2D eigenvalue weighted by molar-refractivity contribution is 5.84. The molecule has 5 nitrogen and oxygen atoms in total. The van der Waals surface area contributed by atoms with Gasteiger partial charge < -0.3 is 19.1 Å². The van der Waals surface area contributed by atoms with Gasteiger partial charge in [0.05, 0.1) is 11.0 Å². The van der Waals surface area contributed by atoms with Crippen LogP contribution < -0.4 is 9.47 Å². The Balaban J connectivity index is 1.89. The minimum absolute atomic E-state index is 0.0904. The number of imidazole rings is 1. The van der Waals surface area contributed by atoms with Gasteiger partial charge in [-0.25, -0.2) is 9.37 Å². The number of halogens is 1. The number of aliphatic hydroxyl groups excluding tert-OH is 1. The van der Waals surface area contributed by atoms with Crippen molar-refractivity contribution in [3.05, 3.63) is 42.2 Å². The molecule has 1 N–H and O–H groups in total. The fourth-order valence-corrected chi connectivity index (χ4v) is 2.79. The smallest absolute Gasteiger partial charge is 0.231 e. The zero-order chi connectivity index (χ0) is 15.8. The molecule has 1 aliphatic heterocycles. The Morgan fingerprint density at radius 1 is 1.13 bits per heavy atom. The minimum Gasteiger partial charge on any atom is -0.454 e. The van der Waals surface area contributed by atoms with Crippen LogP contribution >= 0.6 is 0 Å². The molecule has 3 aromatic rings. The van der Waals surface area contributed by atoms with E-state index in [9.17, 15) is 4.39 Å². The Kier molecular flexibility index (Phi) is 3.38. The van der Waals surface area contributed by atoms with Crippen LogP contribution in [0.4, 0.5) is 4.39 Å². The van der Waals surface area contributed by atoms with E-state index in [0.717, 1.165) is 22.4 Å². The SMILES string of the molecule is OCCCn1c(-c2ccc(F)cc2)nc2cc3c(cc21)OCO3. The molecule has 0 radical (unpaired) electrons. The van der Waals surface area contributed by atoms with E-state index < -0.39 is 0 Å². The summed E-state index contributed by atoms with van der Waals surface area (Å²) in [4.78, 5) is 4.67. The van der Waals surface area contributed by atoms with Gasteiger partial charge in [0.25, 0.3) is 0 Å². The van der Waals surface area contributed by atoms with Gasteiger partial charge in [0, 0.05) is 30.8 Å². The van der Waals surface area contributed by atoms with E-state index >= 15 is 0 Å². The van der Waals surface area contributed by atoms with Crippen LogP contribution in [-0.2, 0) is 6.54 Å². The zero-order valence-electron chi connectivity index (χ0n) is 12.3. The highest BCUT2D eigenvalue weighted by atomic mass is 19.1.